The minimum atomic E-state index is -0.373. The molecule has 1 atom stereocenters. The van der Waals surface area contributed by atoms with Crippen LogP contribution in [0.5, 0.6) is 0 Å². The number of hydrogen-bond acceptors (Lipinski definition) is 3. The van der Waals surface area contributed by atoms with Crippen LogP contribution in [0.4, 0.5) is 0 Å². The van der Waals surface area contributed by atoms with Gasteiger partial charge in [0.25, 0.3) is 0 Å². The molecule has 14 heavy (non-hydrogen) atoms. The Morgan fingerprint density at radius 2 is 2.14 bits per heavy atom. The summed E-state index contributed by atoms with van der Waals surface area (Å²) in [5.41, 5.74) is 5.65. The highest BCUT2D eigenvalue weighted by molar-refractivity contribution is 8.93. The third-order valence-corrected chi connectivity index (χ3v) is 2.23. The number of ether oxygens (including phenoxy) is 1. The highest BCUT2D eigenvalue weighted by atomic mass is 79.9. The van der Waals surface area contributed by atoms with Crippen LogP contribution >= 0.6 is 17.0 Å². The van der Waals surface area contributed by atoms with Gasteiger partial charge < -0.3 is 10.5 Å². The molecule has 0 aromatic heterocycles. The van der Waals surface area contributed by atoms with E-state index in [1.165, 1.54) is 0 Å². The lowest BCUT2D eigenvalue weighted by atomic mass is 9.88. The maximum absolute atomic E-state index is 10.7. The lowest BCUT2D eigenvalue weighted by Gasteiger charge is -2.26. The predicted octanol–water partition coefficient (Wildman–Crippen LogP) is 2.06. The van der Waals surface area contributed by atoms with Gasteiger partial charge in [-0.3, -0.25) is 0 Å². The normalized spacial score (nSPS) is 12.6. The summed E-state index contributed by atoms with van der Waals surface area (Å²) in [6.45, 7) is 9.69. The summed E-state index contributed by atoms with van der Waals surface area (Å²) >= 11 is 0. The first-order valence-electron chi connectivity index (χ1n) is 4.46. The Morgan fingerprint density at radius 1 is 1.64 bits per heavy atom. The second-order valence-electron chi connectivity index (χ2n) is 3.88. The van der Waals surface area contributed by atoms with Crippen molar-refractivity contribution in [2.45, 2.75) is 32.7 Å². The van der Waals surface area contributed by atoms with Crippen LogP contribution in [0.25, 0.3) is 0 Å². The molecule has 0 aliphatic heterocycles. The Balaban J connectivity index is 0. The maximum Gasteiger partial charge on any atom is 0.330 e. The third kappa shape index (κ3) is 7.09. The van der Waals surface area contributed by atoms with Gasteiger partial charge in [-0.15, -0.1) is 17.0 Å². The molecule has 0 aromatic rings. The average molecular weight is 266 g/mol. The Morgan fingerprint density at radius 3 is 2.50 bits per heavy atom. The standard InChI is InChI=1S/C10H19NO2.BrH/c1-5-9(12)13-7-6-8(2)10(3,4)11;/h5,8H,1,6-7,11H2,2-4H3;1H. The quantitative estimate of drug-likeness (QED) is 0.612. The zero-order chi connectivity index (χ0) is 10.5. The van der Waals surface area contributed by atoms with E-state index in [2.05, 4.69) is 6.58 Å². The molecule has 0 spiro atoms. The summed E-state index contributed by atoms with van der Waals surface area (Å²) < 4.78 is 4.84. The molecule has 1 unspecified atom stereocenters. The molecular weight excluding hydrogens is 246 g/mol. The molecule has 0 heterocycles. The van der Waals surface area contributed by atoms with Crippen LogP contribution in [0.15, 0.2) is 12.7 Å². The van der Waals surface area contributed by atoms with Crippen molar-refractivity contribution >= 4 is 23.0 Å². The number of esters is 1. The highest BCUT2D eigenvalue weighted by Crippen LogP contribution is 2.16. The predicted molar refractivity (Wildman–Crippen MR) is 63.5 cm³/mol. The number of halogens is 1. The molecule has 0 rings (SSSR count). The summed E-state index contributed by atoms with van der Waals surface area (Å²) in [7, 11) is 0. The van der Waals surface area contributed by atoms with Crippen molar-refractivity contribution in [1.82, 2.24) is 0 Å². The zero-order valence-electron chi connectivity index (χ0n) is 9.08. The molecule has 0 aliphatic rings. The summed E-state index contributed by atoms with van der Waals surface area (Å²) in [5, 5.41) is 0. The summed E-state index contributed by atoms with van der Waals surface area (Å²) in [5.74, 6) is -0.0489. The molecule has 0 radical (unpaired) electrons. The van der Waals surface area contributed by atoms with E-state index in [4.69, 9.17) is 10.5 Å². The largest absolute Gasteiger partial charge is 0.463 e. The zero-order valence-corrected chi connectivity index (χ0v) is 10.8. The molecule has 2 N–H and O–H groups in total. The Labute approximate surface area is 96.5 Å². The van der Waals surface area contributed by atoms with Crippen molar-refractivity contribution in [3.63, 3.8) is 0 Å². The second kappa shape index (κ2) is 7.01. The molecular formula is C10H20BrNO2. The minimum Gasteiger partial charge on any atom is -0.463 e. The number of hydrogen-bond donors (Lipinski definition) is 1. The van der Waals surface area contributed by atoms with Crippen molar-refractivity contribution < 1.29 is 9.53 Å². The number of carbonyl (C=O) groups excluding carboxylic acids is 1. The van der Waals surface area contributed by atoms with E-state index >= 15 is 0 Å². The molecule has 3 nitrogen and oxygen atoms in total. The van der Waals surface area contributed by atoms with Crippen molar-refractivity contribution in [2.75, 3.05) is 6.61 Å². The van der Waals surface area contributed by atoms with Crippen LogP contribution in [-0.4, -0.2) is 18.1 Å². The van der Waals surface area contributed by atoms with Gasteiger partial charge in [0.1, 0.15) is 0 Å². The Kier molecular flexibility index (Phi) is 8.06. The monoisotopic (exact) mass is 265 g/mol. The fraction of sp³-hybridized carbons (Fsp3) is 0.700. The molecule has 0 aromatic carbocycles. The third-order valence-electron chi connectivity index (χ3n) is 2.23. The van der Waals surface area contributed by atoms with Crippen molar-refractivity contribution in [1.29, 1.82) is 0 Å². The van der Waals surface area contributed by atoms with Crippen LogP contribution in [0.1, 0.15) is 27.2 Å². The Hall–Kier alpha value is -0.350. The van der Waals surface area contributed by atoms with Crippen molar-refractivity contribution in [3.8, 4) is 0 Å². The molecule has 84 valence electrons. The van der Waals surface area contributed by atoms with E-state index in [0.717, 1.165) is 12.5 Å². The Bertz CT molecular complexity index is 187. The van der Waals surface area contributed by atoms with Gasteiger partial charge in [-0.25, -0.2) is 4.79 Å². The topological polar surface area (TPSA) is 52.3 Å². The fourth-order valence-electron chi connectivity index (χ4n) is 0.767. The van der Waals surface area contributed by atoms with E-state index < -0.39 is 0 Å². The van der Waals surface area contributed by atoms with Crippen LogP contribution in [-0.2, 0) is 9.53 Å². The molecule has 0 fully saturated rings. The number of rotatable bonds is 5. The molecule has 0 saturated carbocycles. The summed E-state index contributed by atoms with van der Waals surface area (Å²) in [6, 6.07) is 0. The van der Waals surface area contributed by atoms with E-state index in [0.29, 0.717) is 12.5 Å². The molecule has 0 saturated heterocycles. The van der Waals surface area contributed by atoms with Gasteiger partial charge in [0, 0.05) is 11.6 Å². The highest BCUT2D eigenvalue weighted by Gasteiger charge is 2.20. The van der Waals surface area contributed by atoms with Crippen molar-refractivity contribution in [2.24, 2.45) is 11.7 Å². The molecule has 4 heteroatoms. The van der Waals surface area contributed by atoms with E-state index in [-0.39, 0.29) is 28.5 Å². The minimum absolute atomic E-state index is 0. The van der Waals surface area contributed by atoms with Gasteiger partial charge in [0.05, 0.1) is 6.61 Å². The van der Waals surface area contributed by atoms with Crippen LogP contribution in [0.2, 0.25) is 0 Å². The first kappa shape index (κ1) is 16.1. The molecule has 0 bridgehead atoms. The fourth-order valence-corrected chi connectivity index (χ4v) is 0.767. The van der Waals surface area contributed by atoms with Gasteiger partial charge in [-0.05, 0) is 26.2 Å². The lowest BCUT2D eigenvalue weighted by Crippen LogP contribution is -2.39. The molecule has 0 aliphatic carbocycles. The smallest absolute Gasteiger partial charge is 0.330 e. The van der Waals surface area contributed by atoms with Crippen molar-refractivity contribution in [3.05, 3.63) is 12.7 Å². The maximum atomic E-state index is 10.7. The van der Waals surface area contributed by atoms with Gasteiger partial charge in [-0.1, -0.05) is 13.5 Å². The van der Waals surface area contributed by atoms with Gasteiger partial charge in [-0.2, -0.15) is 0 Å². The van der Waals surface area contributed by atoms with Gasteiger partial charge in [0.2, 0.25) is 0 Å². The first-order valence-corrected chi connectivity index (χ1v) is 4.46. The van der Waals surface area contributed by atoms with E-state index in [1.807, 2.05) is 20.8 Å². The first-order chi connectivity index (χ1) is 5.88. The molecule has 0 amide bonds. The average Bonchev–Trinajstić information content (AvgIpc) is 2.02. The summed E-state index contributed by atoms with van der Waals surface area (Å²) in [4.78, 5) is 10.7. The van der Waals surface area contributed by atoms with E-state index in [9.17, 15) is 4.79 Å². The van der Waals surface area contributed by atoms with Crippen LogP contribution in [0.3, 0.4) is 0 Å². The van der Waals surface area contributed by atoms with Crippen LogP contribution < -0.4 is 5.73 Å². The van der Waals surface area contributed by atoms with Gasteiger partial charge >= 0.3 is 5.97 Å². The lowest BCUT2D eigenvalue weighted by molar-refractivity contribution is -0.138. The number of carbonyl (C=O) groups is 1. The SMILES string of the molecule is Br.C=CC(=O)OCCC(C)C(C)(C)N. The number of nitrogens with two attached hydrogens (primary N) is 1. The second-order valence-corrected chi connectivity index (χ2v) is 3.88. The van der Waals surface area contributed by atoms with Crippen LogP contribution in [0, 0.1) is 5.92 Å². The van der Waals surface area contributed by atoms with E-state index in [1.54, 1.807) is 0 Å². The van der Waals surface area contributed by atoms with Gasteiger partial charge in [0.15, 0.2) is 0 Å². The summed E-state index contributed by atoms with van der Waals surface area (Å²) in [6.07, 6.45) is 1.95.